The maximum absolute atomic E-state index is 12.0. The molecule has 1 aliphatic carbocycles. The number of benzene rings is 1. The van der Waals surface area contributed by atoms with Gasteiger partial charge < -0.3 is 15.3 Å². The SMILES string of the molecule is CN(CCO)c1ccc(NC(=O)CC2CCCCC2)cc1. The molecule has 0 aliphatic heterocycles. The first-order valence-electron chi connectivity index (χ1n) is 7.91. The second-order valence-electron chi connectivity index (χ2n) is 5.95. The van der Waals surface area contributed by atoms with Crippen molar-refractivity contribution in [2.75, 3.05) is 30.4 Å². The third-order valence-electron chi connectivity index (χ3n) is 4.23. The Bertz CT molecular complexity index is 439. The zero-order valence-corrected chi connectivity index (χ0v) is 12.8. The van der Waals surface area contributed by atoms with Gasteiger partial charge in [-0.3, -0.25) is 4.79 Å². The van der Waals surface area contributed by atoms with E-state index in [-0.39, 0.29) is 12.5 Å². The van der Waals surface area contributed by atoms with E-state index in [1.54, 1.807) is 0 Å². The topological polar surface area (TPSA) is 52.6 Å². The molecule has 2 N–H and O–H groups in total. The molecular weight excluding hydrogens is 264 g/mol. The highest BCUT2D eigenvalue weighted by atomic mass is 16.3. The Hall–Kier alpha value is -1.55. The fraction of sp³-hybridized carbons (Fsp3) is 0.588. The van der Waals surface area contributed by atoms with Crippen LogP contribution in [0.1, 0.15) is 38.5 Å². The number of hydrogen-bond donors (Lipinski definition) is 2. The summed E-state index contributed by atoms with van der Waals surface area (Å²) < 4.78 is 0. The van der Waals surface area contributed by atoms with Crippen molar-refractivity contribution in [2.45, 2.75) is 38.5 Å². The number of amides is 1. The fourth-order valence-electron chi connectivity index (χ4n) is 2.94. The fourth-order valence-corrected chi connectivity index (χ4v) is 2.94. The summed E-state index contributed by atoms with van der Waals surface area (Å²) in [6.45, 7) is 0.740. The van der Waals surface area contributed by atoms with Crippen LogP contribution in [0.4, 0.5) is 11.4 Å². The summed E-state index contributed by atoms with van der Waals surface area (Å²) in [6, 6.07) is 7.77. The summed E-state index contributed by atoms with van der Waals surface area (Å²) in [5, 5.41) is 11.9. The van der Waals surface area contributed by atoms with E-state index in [2.05, 4.69) is 5.32 Å². The Morgan fingerprint density at radius 2 is 1.90 bits per heavy atom. The molecule has 4 heteroatoms. The highest BCUT2D eigenvalue weighted by Gasteiger charge is 2.17. The quantitative estimate of drug-likeness (QED) is 0.846. The van der Waals surface area contributed by atoms with E-state index in [0.29, 0.717) is 18.9 Å². The van der Waals surface area contributed by atoms with Crippen LogP contribution in [-0.2, 0) is 4.79 Å². The summed E-state index contributed by atoms with van der Waals surface area (Å²) in [6.07, 6.45) is 6.89. The van der Waals surface area contributed by atoms with E-state index >= 15 is 0 Å². The summed E-state index contributed by atoms with van der Waals surface area (Å²) in [5.41, 5.74) is 1.88. The predicted octanol–water partition coefficient (Wildman–Crippen LogP) is 3.02. The number of likely N-dealkylation sites (N-methyl/N-ethyl adjacent to an activating group) is 1. The molecule has 0 unspecified atom stereocenters. The van der Waals surface area contributed by atoms with Crippen LogP contribution in [0, 0.1) is 5.92 Å². The predicted molar refractivity (Wildman–Crippen MR) is 86.6 cm³/mol. The average molecular weight is 290 g/mol. The van der Waals surface area contributed by atoms with E-state index in [9.17, 15) is 4.79 Å². The van der Waals surface area contributed by atoms with Crippen LogP contribution in [0.25, 0.3) is 0 Å². The summed E-state index contributed by atoms with van der Waals surface area (Å²) in [5.74, 6) is 0.687. The van der Waals surface area contributed by atoms with Crippen LogP contribution in [0.15, 0.2) is 24.3 Å². The highest BCUT2D eigenvalue weighted by molar-refractivity contribution is 5.91. The molecule has 0 bridgehead atoms. The third-order valence-corrected chi connectivity index (χ3v) is 4.23. The van der Waals surface area contributed by atoms with Gasteiger partial charge in [-0.25, -0.2) is 0 Å². The van der Waals surface area contributed by atoms with Crippen molar-refractivity contribution in [2.24, 2.45) is 5.92 Å². The van der Waals surface area contributed by atoms with Crippen molar-refractivity contribution in [1.82, 2.24) is 0 Å². The van der Waals surface area contributed by atoms with Gasteiger partial charge in [0.1, 0.15) is 0 Å². The number of carbonyl (C=O) groups excluding carboxylic acids is 1. The number of nitrogens with one attached hydrogen (secondary N) is 1. The summed E-state index contributed by atoms with van der Waals surface area (Å²) >= 11 is 0. The Morgan fingerprint density at radius 1 is 1.24 bits per heavy atom. The molecule has 0 radical (unpaired) electrons. The normalized spacial score (nSPS) is 15.7. The van der Waals surface area contributed by atoms with Crippen LogP contribution in [-0.4, -0.2) is 31.2 Å². The van der Waals surface area contributed by atoms with Gasteiger partial charge in [0, 0.05) is 31.4 Å². The Morgan fingerprint density at radius 3 is 2.52 bits per heavy atom. The van der Waals surface area contributed by atoms with Gasteiger partial charge in [-0.15, -0.1) is 0 Å². The van der Waals surface area contributed by atoms with Crippen LogP contribution >= 0.6 is 0 Å². The second-order valence-corrected chi connectivity index (χ2v) is 5.95. The number of hydrogen-bond acceptors (Lipinski definition) is 3. The Kier molecular flexibility index (Phi) is 6.05. The smallest absolute Gasteiger partial charge is 0.224 e. The zero-order chi connectivity index (χ0) is 15.1. The molecule has 1 amide bonds. The van der Waals surface area contributed by atoms with E-state index in [4.69, 9.17) is 5.11 Å². The number of nitrogens with zero attached hydrogens (tertiary/aromatic N) is 1. The maximum atomic E-state index is 12.0. The molecule has 0 heterocycles. The van der Waals surface area contributed by atoms with E-state index in [0.717, 1.165) is 11.4 Å². The standard InChI is InChI=1S/C17H26N2O2/c1-19(11-12-20)16-9-7-15(8-10-16)18-17(21)13-14-5-3-2-4-6-14/h7-10,14,20H,2-6,11-13H2,1H3,(H,18,21). The molecule has 0 saturated heterocycles. The summed E-state index contributed by atoms with van der Waals surface area (Å²) in [4.78, 5) is 14.0. The lowest BCUT2D eigenvalue weighted by atomic mass is 9.87. The first-order chi connectivity index (χ1) is 10.2. The first kappa shape index (κ1) is 15.8. The van der Waals surface area contributed by atoms with Gasteiger partial charge >= 0.3 is 0 Å². The molecule has 1 fully saturated rings. The number of anilines is 2. The van der Waals surface area contributed by atoms with Crippen LogP contribution < -0.4 is 10.2 Å². The van der Waals surface area contributed by atoms with E-state index < -0.39 is 0 Å². The minimum Gasteiger partial charge on any atom is -0.395 e. The van der Waals surface area contributed by atoms with Gasteiger partial charge in [0.15, 0.2) is 0 Å². The van der Waals surface area contributed by atoms with Gasteiger partial charge in [-0.2, -0.15) is 0 Å². The van der Waals surface area contributed by atoms with Gasteiger partial charge in [0.2, 0.25) is 5.91 Å². The minimum atomic E-state index is 0.123. The van der Waals surface area contributed by atoms with Crippen molar-refractivity contribution in [3.8, 4) is 0 Å². The largest absolute Gasteiger partial charge is 0.395 e. The van der Waals surface area contributed by atoms with Crippen LogP contribution in [0.3, 0.4) is 0 Å². The minimum absolute atomic E-state index is 0.123. The average Bonchev–Trinajstić information content (AvgIpc) is 2.49. The van der Waals surface area contributed by atoms with Crippen molar-refractivity contribution in [3.63, 3.8) is 0 Å². The van der Waals surface area contributed by atoms with Gasteiger partial charge in [-0.1, -0.05) is 19.3 Å². The second kappa shape index (κ2) is 8.03. The van der Waals surface area contributed by atoms with Crippen LogP contribution in [0.5, 0.6) is 0 Å². The monoisotopic (exact) mass is 290 g/mol. The van der Waals surface area contributed by atoms with E-state index in [1.807, 2.05) is 36.2 Å². The van der Waals surface area contributed by atoms with Gasteiger partial charge in [0.05, 0.1) is 6.61 Å². The molecular formula is C17H26N2O2. The number of rotatable bonds is 6. The lowest BCUT2D eigenvalue weighted by Crippen LogP contribution is -2.21. The summed E-state index contributed by atoms with van der Waals surface area (Å²) in [7, 11) is 1.94. The number of carbonyl (C=O) groups is 1. The molecule has 1 aromatic carbocycles. The third kappa shape index (κ3) is 5.05. The van der Waals surface area contributed by atoms with Crippen molar-refractivity contribution >= 4 is 17.3 Å². The van der Waals surface area contributed by atoms with Gasteiger partial charge in [-0.05, 0) is 43.0 Å². The maximum Gasteiger partial charge on any atom is 0.224 e. The first-order valence-corrected chi connectivity index (χ1v) is 7.91. The molecule has 21 heavy (non-hydrogen) atoms. The lowest BCUT2D eigenvalue weighted by Gasteiger charge is -2.21. The molecule has 1 saturated carbocycles. The molecule has 1 aliphatic rings. The molecule has 0 spiro atoms. The molecule has 4 nitrogen and oxygen atoms in total. The van der Waals surface area contributed by atoms with Crippen molar-refractivity contribution in [1.29, 1.82) is 0 Å². The van der Waals surface area contributed by atoms with Gasteiger partial charge in [0.25, 0.3) is 0 Å². The molecule has 2 rings (SSSR count). The lowest BCUT2D eigenvalue weighted by molar-refractivity contribution is -0.117. The Labute approximate surface area is 127 Å². The van der Waals surface area contributed by atoms with Crippen LogP contribution in [0.2, 0.25) is 0 Å². The Balaban J connectivity index is 1.83. The zero-order valence-electron chi connectivity index (χ0n) is 12.8. The molecule has 116 valence electrons. The molecule has 0 aromatic heterocycles. The molecule has 1 aromatic rings. The van der Waals surface area contributed by atoms with Crippen molar-refractivity contribution < 1.29 is 9.90 Å². The number of aliphatic hydroxyl groups is 1. The molecule has 0 atom stereocenters. The highest BCUT2D eigenvalue weighted by Crippen LogP contribution is 2.26. The van der Waals surface area contributed by atoms with Crippen molar-refractivity contribution in [3.05, 3.63) is 24.3 Å². The number of aliphatic hydroxyl groups excluding tert-OH is 1. The van der Waals surface area contributed by atoms with E-state index in [1.165, 1.54) is 32.1 Å².